The zero-order chi connectivity index (χ0) is 16.5. The van der Waals surface area contributed by atoms with Crippen LogP contribution in [0.4, 0.5) is 0 Å². The van der Waals surface area contributed by atoms with Crippen LogP contribution < -0.4 is 5.56 Å². The summed E-state index contributed by atoms with van der Waals surface area (Å²) in [5.74, 6) is 0.584. The monoisotopic (exact) mass is 337 g/mol. The Bertz CT molecular complexity index is 1010. The second-order valence-corrected chi connectivity index (χ2v) is 6.45. The minimum Gasteiger partial charge on any atom is -0.431 e. The van der Waals surface area contributed by atoms with Crippen LogP contribution in [0.5, 0.6) is 0 Å². The van der Waals surface area contributed by atoms with Gasteiger partial charge < -0.3 is 4.42 Å². The van der Waals surface area contributed by atoms with Crippen molar-refractivity contribution < 1.29 is 4.42 Å². The number of aromatic amines is 1. The quantitative estimate of drug-likeness (QED) is 0.574. The topological polar surface area (TPSA) is 63.8 Å². The maximum atomic E-state index is 12.2. The summed E-state index contributed by atoms with van der Waals surface area (Å²) < 4.78 is 7.22. The summed E-state index contributed by atoms with van der Waals surface area (Å²) in [6.07, 6.45) is 0. The molecule has 0 saturated carbocycles. The number of aryl methyl sites for hydroxylation is 1. The first-order valence-corrected chi connectivity index (χ1v) is 8.54. The Kier molecular flexibility index (Phi) is 3.74. The molecule has 2 heterocycles. The summed E-state index contributed by atoms with van der Waals surface area (Å²) >= 11 is 1.46. The van der Waals surface area contributed by atoms with Crippen molar-refractivity contribution in [3.8, 4) is 5.69 Å². The third kappa shape index (κ3) is 2.88. The van der Waals surface area contributed by atoms with Gasteiger partial charge in [0.2, 0.25) is 0 Å². The molecule has 6 heteroatoms. The normalized spacial score (nSPS) is 11.2. The molecular formula is C18H15N3O2S. The van der Waals surface area contributed by atoms with Crippen molar-refractivity contribution in [1.82, 2.24) is 14.8 Å². The number of rotatable bonds is 4. The second kappa shape index (κ2) is 6.05. The van der Waals surface area contributed by atoms with Gasteiger partial charge in [0.1, 0.15) is 5.52 Å². The third-order valence-electron chi connectivity index (χ3n) is 3.69. The molecule has 0 amide bonds. The molecule has 0 fully saturated rings. The lowest BCUT2D eigenvalue weighted by Crippen LogP contribution is -2.13. The molecular weight excluding hydrogens is 322 g/mol. The number of hydrogen-bond acceptors (Lipinski definition) is 4. The number of benzene rings is 2. The zero-order valence-electron chi connectivity index (χ0n) is 13.0. The molecule has 2 aromatic heterocycles. The van der Waals surface area contributed by atoms with E-state index in [1.807, 2.05) is 55.5 Å². The van der Waals surface area contributed by atoms with E-state index in [0.29, 0.717) is 11.0 Å². The van der Waals surface area contributed by atoms with Crippen molar-refractivity contribution in [3.05, 3.63) is 76.2 Å². The summed E-state index contributed by atoms with van der Waals surface area (Å²) in [5.41, 5.74) is 4.34. The minimum absolute atomic E-state index is 0.0768. The van der Waals surface area contributed by atoms with Gasteiger partial charge in [-0.05, 0) is 31.2 Å². The van der Waals surface area contributed by atoms with Crippen LogP contribution in [0, 0.1) is 6.92 Å². The van der Waals surface area contributed by atoms with Crippen LogP contribution in [0.15, 0.2) is 69.0 Å². The van der Waals surface area contributed by atoms with E-state index in [9.17, 15) is 4.79 Å². The lowest BCUT2D eigenvalue weighted by molar-refractivity contribution is 0.489. The lowest BCUT2D eigenvalue weighted by atomic mass is 10.2. The highest BCUT2D eigenvalue weighted by Crippen LogP contribution is 2.25. The van der Waals surface area contributed by atoms with Gasteiger partial charge in [-0.25, -0.2) is 9.67 Å². The van der Waals surface area contributed by atoms with Crippen molar-refractivity contribution in [3.63, 3.8) is 0 Å². The fourth-order valence-electron chi connectivity index (χ4n) is 2.46. The largest absolute Gasteiger partial charge is 0.431 e. The molecule has 0 unspecified atom stereocenters. The minimum atomic E-state index is -0.0768. The molecule has 2 aromatic carbocycles. The van der Waals surface area contributed by atoms with E-state index < -0.39 is 0 Å². The fraction of sp³-hybridized carbons (Fsp3) is 0.111. The molecule has 0 aliphatic heterocycles. The number of fused-ring (bicyclic) bond motifs is 1. The van der Waals surface area contributed by atoms with Crippen LogP contribution in [0.3, 0.4) is 0 Å². The van der Waals surface area contributed by atoms with Crippen molar-refractivity contribution in [2.45, 2.75) is 17.9 Å². The van der Waals surface area contributed by atoms with Gasteiger partial charge in [0.25, 0.3) is 10.8 Å². The van der Waals surface area contributed by atoms with Crippen molar-refractivity contribution in [1.29, 1.82) is 0 Å². The van der Waals surface area contributed by atoms with E-state index in [2.05, 4.69) is 10.1 Å². The number of aromatic nitrogens is 3. The van der Waals surface area contributed by atoms with Crippen LogP contribution >= 0.6 is 11.8 Å². The molecule has 0 saturated heterocycles. The summed E-state index contributed by atoms with van der Waals surface area (Å²) in [6, 6.07) is 17.1. The Labute approximate surface area is 142 Å². The molecule has 120 valence electrons. The van der Waals surface area contributed by atoms with Crippen LogP contribution in [0.2, 0.25) is 0 Å². The summed E-state index contributed by atoms with van der Waals surface area (Å²) in [7, 11) is 0. The first-order chi connectivity index (χ1) is 11.7. The molecule has 0 aliphatic rings. The van der Waals surface area contributed by atoms with E-state index in [1.54, 1.807) is 10.7 Å². The van der Waals surface area contributed by atoms with Gasteiger partial charge in [-0.1, -0.05) is 41.6 Å². The highest BCUT2D eigenvalue weighted by atomic mass is 32.2. The van der Waals surface area contributed by atoms with Crippen molar-refractivity contribution >= 4 is 22.9 Å². The standard InChI is InChI=1S/C18H15N3O2S/c1-12-6-8-14(9-7-12)21-17(22)10-13(20-21)11-24-18-19-15-4-2-3-5-16(15)23-18/h2-10,20H,11H2,1H3. The van der Waals surface area contributed by atoms with E-state index in [-0.39, 0.29) is 5.56 Å². The molecule has 0 atom stereocenters. The van der Waals surface area contributed by atoms with Crippen molar-refractivity contribution in [2.24, 2.45) is 0 Å². The Balaban J connectivity index is 1.54. The smallest absolute Gasteiger partial charge is 0.271 e. The highest BCUT2D eigenvalue weighted by molar-refractivity contribution is 7.98. The average molecular weight is 337 g/mol. The van der Waals surface area contributed by atoms with Gasteiger partial charge >= 0.3 is 0 Å². The number of thioether (sulfide) groups is 1. The highest BCUT2D eigenvalue weighted by Gasteiger charge is 2.09. The third-order valence-corrected chi connectivity index (χ3v) is 4.57. The second-order valence-electron chi connectivity index (χ2n) is 5.53. The summed E-state index contributed by atoms with van der Waals surface area (Å²) in [5, 5.41) is 3.73. The van der Waals surface area contributed by atoms with Gasteiger partial charge in [-0.2, -0.15) is 0 Å². The average Bonchev–Trinajstić information content (AvgIpc) is 3.16. The Hall–Kier alpha value is -2.73. The Morgan fingerprint density at radius 1 is 1.17 bits per heavy atom. The number of hydrogen-bond donors (Lipinski definition) is 1. The van der Waals surface area contributed by atoms with Gasteiger partial charge in [-0.3, -0.25) is 9.89 Å². The van der Waals surface area contributed by atoms with Crippen LogP contribution in [0.1, 0.15) is 11.3 Å². The molecule has 0 bridgehead atoms. The molecule has 1 N–H and O–H groups in total. The predicted molar refractivity (Wildman–Crippen MR) is 94.7 cm³/mol. The maximum absolute atomic E-state index is 12.2. The van der Waals surface area contributed by atoms with Gasteiger partial charge in [0, 0.05) is 17.5 Å². The van der Waals surface area contributed by atoms with E-state index >= 15 is 0 Å². The molecule has 4 rings (SSSR count). The van der Waals surface area contributed by atoms with Gasteiger partial charge in [0.15, 0.2) is 5.58 Å². The Morgan fingerprint density at radius 2 is 1.96 bits per heavy atom. The molecule has 24 heavy (non-hydrogen) atoms. The number of H-pyrrole nitrogens is 1. The van der Waals surface area contributed by atoms with E-state index in [0.717, 1.165) is 28.0 Å². The molecule has 4 aromatic rings. The van der Waals surface area contributed by atoms with E-state index in [1.165, 1.54) is 11.8 Å². The SMILES string of the molecule is Cc1ccc(-n2[nH]c(CSc3nc4ccccc4o3)cc2=O)cc1. The number of para-hydroxylation sites is 2. The summed E-state index contributed by atoms with van der Waals surface area (Å²) in [6.45, 7) is 2.02. The fourth-order valence-corrected chi connectivity index (χ4v) is 3.19. The molecule has 0 radical (unpaired) electrons. The predicted octanol–water partition coefficient (Wildman–Crippen LogP) is 3.91. The van der Waals surface area contributed by atoms with E-state index in [4.69, 9.17) is 4.42 Å². The molecule has 0 aliphatic carbocycles. The van der Waals surface area contributed by atoms with Crippen LogP contribution in [-0.4, -0.2) is 14.8 Å². The van der Waals surface area contributed by atoms with Gasteiger partial charge in [0.05, 0.1) is 5.69 Å². The molecule has 5 nitrogen and oxygen atoms in total. The Morgan fingerprint density at radius 3 is 2.75 bits per heavy atom. The lowest BCUT2D eigenvalue weighted by Gasteiger charge is -2.02. The van der Waals surface area contributed by atoms with Crippen LogP contribution in [0.25, 0.3) is 16.8 Å². The number of nitrogens with one attached hydrogen (secondary N) is 1. The molecule has 0 spiro atoms. The van der Waals surface area contributed by atoms with Crippen LogP contribution in [-0.2, 0) is 5.75 Å². The zero-order valence-corrected chi connectivity index (χ0v) is 13.8. The summed E-state index contributed by atoms with van der Waals surface area (Å²) in [4.78, 5) is 16.6. The van der Waals surface area contributed by atoms with Gasteiger partial charge in [-0.15, -0.1) is 0 Å². The number of nitrogens with zero attached hydrogens (tertiary/aromatic N) is 2. The first-order valence-electron chi connectivity index (χ1n) is 7.55. The maximum Gasteiger partial charge on any atom is 0.271 e. The number of oxazole rings is 1. The first kappa shape index (κ1) is 14.8. The van der Waals surface area contributed by atoms with Crippen molar-refractivity contribution in [2.75, 3.05) is 0 Å².